The van der Waals surface area contributed by atoms with E-state index in [1.54, 1.807) is 74.6 Å². The number of nitriles is 1. The van der Waals surface area contributed by atoms with Gasteiger partial charge in [0.25, 0.3) is 6.04 Å². The van der Waals surface area contributed by atoms with Crippen molar-refractivity contribution >= 4 is 11.9 Å². The molecule has 2 unspecified atom stereocenters. The molecule has 1 fully saturated rings. The van der Waals surface area contributed by atoms with Gasteiger partial charge in [-0.3, -0.25) is 9.97 Å². The molecule has 0 saturated heterocycles. The fraction of sp³-hybridized carbons (Fsp3) is 0.321. The van der Waals surface area contributed by atoms with Gasteiger partial charge in [-0.05, 0) is 94.8 Å². The number of nitrogens with zero attached hydrogens (tertiary/aromatic N) is 14. The molecule has 1 aliphatic carbocycles. The van der Waals surface area contributed by atoms with Crippen molar-refractivity contribution in [3.63, 3.8) is 0 Å². The Kier molecular flexibility index (Phi) is 14.4. The van der Waals surface area contributed by atoms with Crippen molar-refractivity contribution in [2.75, 3.05) is 30.8 Å². The number of nitrogens with one attached hydrogen (secondary N) is 2. The number of pyridine rings is 2. The molecule has 8 aromatic rings. The van der Waals surface area contributed by atoms with Crippen LogP contribution < -0.4 is 10.6 Å². The lowest BCUT2D eigenvalue weighted by Crippen LogP contribution is -2.30. The Bertz CT molecular complexity index is 3360. The standard InChI is InChI=1S/C53H55N16O4/c1-51(2,70)32-56-49-60-42(36-12-6-10-34(20-36)25-54)22-44(62-49)47-30-69(67-65-47)28-40-15-9-17-48(59-40)53(72)19-18-38(24-53)55-26-35-11-7-13-37(21-35)43-23-45(63-50(61-43)57-33-52(3,4)71)46-29-68(66-64-46)27-39-14-8-16-41(58-39)31-73-5/h6-17,20-23,29-30,38,70-72H,18-19,24,27-28,31-33H2,1-5H3,(H,56,60,62)(H,57,61,63)/q+1. The lowest BCUT2D eigenvalue weighted by molar-refractivity contribution is 0.0393. The average molecular weight is 980 g/mol. The molecule has 0 bridgehead atoms. The first-order chi connectivity index (χ1) is 35.0. The van der Waals surface area contributed by atoms with Gasteiger partial charge in [0.1, 0.15) is 22.6 Å². The van der Waals surface area contributed by atoms with Crippen molar-refractivity contribution in [2.45, 2.75) is 89.5 Å². The predicted molar refractivity (Wildman–Crippen MR) is 273 cm³/mol. The summed E-state index contributed by atoms with van der Waals surface area (Å²) < 4.78 is 8.60. The third kappa shape index (κ3) is 12.9. The van der Waals surface area contributed by atoms with E-state index in [1.165, 1.54) is 0 Å². The zero-order valence-electron chi connectivity index (χ0n) is 41.1. The Morgan fingerprint density at radius 3 is 1.77 bits per heavy atom. The highest BCUT2D eigenvalue weighted by Gasteiger charge is 2.45. The topological polar surface area (TPSA) is 261 Å². The van der Waals surface area contributed by atoms with E-state index in [9.17, 15) is 20.6 Å². The summed E-state index contributed by atoms with van der Waals surface area (Å²) in [7, 11) is 1.63. The van der Waals surface area contributed by atoms with Gasteiger partial charge in [0.05, 0.1) is 107 Å². The van der Waals surface area contributed by atoms with Gasteiger partial charge in [-0.2, -0.15) is 5.26 Å². The Morgan fingerprint density at radius 1 is 0.671 bits per heavy atom. The second kappa shape index (κ2) is 21.1. The molecule has 20 nitrogen and oxygen atoms in total. The number of aromatic nitrogens is 12. The molecule has 370 valence electrons. The minimum absolute atomic E-state index is 0.201. The molecular formula is C53H55N16O4+. The Hall–Kier alpha value is -8.40. The molecule has 2 aromatic carbocycles. The summed E-state index contributed by atoms with van der Waals surface area (Å²) in [6.07, 6.45) is 5.04. The Labute approximate surface area is 421 Å². The summed E-state index contributed by atoms with van der Waals surface area (Å²) in [5, 5.41) is 66.2. The third-order valence-corrected chi connectivity index (χ3v) is 11.8. The van der Waals surface area contributed by atoms with Gasteiger partial charge in [0.2, 0.25) is 11.9 Å². The molecule has 73 heavy (non-hydrogen) atoms. The molecule has 0 radical (unpaired) electrons. The van der Waals surface area contributed by atoms with Gasteiger partial charge in [-0.25, -0.2) is 29.3 Å². The van der Waals surface area contributed by atoms with Crippen LogP contribution in [-0.2, 0) is 30.0 Å². The molecule has 9 rings (SSSR count). The highest BCUT2D eigenvalue weighted by atomic mass is 16.5. The molecular weight excluding hydrogens is 925 g/mol. The number of rotatable bonds is 17. The first-order valence-electron chi connectivity index (χ1n) is 23.8. The molecule has 5 N–H and O–H groups in total. The second-order valence-electron chi connectivity index (χ2n) is 19.4. The molecule has 0 amide bonds. The van der Waals surface area contributed by atoms with Crippen LogP contribution in [0.2, 0.25) is 0 Å². The minimum atomic E-state index is -1.20. The van der Waals surface area contributed by atoms with Crippen LogP contribution in [0.4, 0.5) is 11.9 Å². The van der Waals surface area contributed by atoms with Crippen LogP contribution in [0.25, 0.3) is 50.1 Å². The number of benzene rings is 2. The summed E-state index contributed by atoms with van der Waals surface area (Å²) >= 11 is 0. The number of hydrogen-bond donors (Lipinski definition) is 5. The van der Waals surface area contributed by atoms with Crippen molar-refractivity contribution in [3.05, 3.63) is 148 Å². The van der Waals surface area contributed by atoms with Gasteiger partial charge in [0.15, 0.2) is 0 Å². The SMILES string of the molecule is COCc1cccc(Cn2cc(-c3cc(-c4cccc(C#[N+]C5CCC(O)(c6cccc(Cn7cc(-c8cc(-c9cccc(C#N)c9)nc(NCC(C)(C)O)n8)nn7)n6)C5)c4)nc(NCC(C)(C)O)n3)nn2)n1. The van der Waals surface area contributed by atoms with E-state index in [0.717, 1.165) is 28.1 Å². The monoisotopic (exact) mass is 979 g/mol. The van der Waals surface area contributed by atoms with Gasteiger partial charge in [-0.1, -0.05) is 51.7 Å². The molecule has 1 aliphatic rings. The summed E-state index contributed by atoms with van der Waals surface area (Å²) in [5.74, 6) is 0.607. The quantitative estimate of drug-likeness (QED) is 0.0651. The van der Waals surface area contributed by atoms with E-state index in [0.29, 0.717) is 89.5 Å². The van der Waals surface area contributed by atoms with Crippen LogP contribution in [0.3, 0.4) is 0 Å². The van der Waals surface area contributed by atoms with Crippen LogP contribution in [0.15, 0.2) is 109 Å². The van der Waals surface area contributed by atoms with E-state index < -0.39 is 16.8 Å². The number of methoxy groups -OCH3 is 1. The van der Waals surface area contributed by atoms with Crippen LogP contribution in [-0.4, -0.2) is 113 Å². The van der Waals surface area contributed by atoms with Crippen molar-refractivity contribution < 1.29 is 20.1 Å². The highest BCUT2D eigenvalue weighted by Crippen LogP contribution is 2.40. The molecule has 20 heteroatoms. The fourth-order valence-electron chi connectivity index (χ4n) is 8.20. The maximum Gasteiger partial charge on any atom is 0.311 e. The normalized spacial score (nSPS) is 15.6. The summed E-state index contributed by atoms with van der Waals surface area (Å²) in [6.45, 7) is 8.28. The summed E-state index contributed by atoms with van der Waals surface area (Å²) in [5.41, 5.74) is 5.61. The summed E-state index contributed by atoms with van der Waals surface area (Å²) in [4.78, 5) is 33.2. The highest BCUT2D eigenvalue weighted by molar-refractivity contribution is 5.70. The van der Waals surface area contributed by atoms with Gasteiger partial charge < -0.3 is 30.7 Å². The van der Waals surface area contributed by atoms with E-state index in [-0.39, 0.29) is 31.6 Å². The fourth-order valence-corrected chi connectivity index (χ4v) is 8.20. The number of anilines is 2. The zero-order chi connectivity index (χ0) is 51.2. The zero-order valence-corrected chi connectivity index (χ0v) is 41.1. The first-order valence-corrected chi connectivity index (χ1v) is 23.8. The minimum Gasteiger partial charge on any atom is -0.389 e. The number of aliphatic hydroxyl groups is 3. The van der Waals surface area contributed by atoms with Crippen molar-refractivity contribution in [3.8, 4) is 57.4 Å². The summed E-state index contributed by atoms with van der Waals surface area (Å²) in [6, 6.07) is 35.0. The van der Waals surface area contributed by atoms with Crippen LogP contribution in [0.1, 0.15) is 80.9 Å². The maximum atomic E-state index is 12.0. The number of hydrogen-bond acceptors (Lipinski definition) is 17. The Balaban J connectivity index is 0.891. The van der Waals surface area contributed by atoms with E-state index in [2.05, 4.69) is 58.3 Å². The van der Waals surface area contributed by atoms with Crippen LogP contribution >= 0.6 is 0 Å². The second-order valence-corrected chi connectivity index (χ2v) is 19.4. The van der Waals surface area contributed by atoms with Crippen LogP contribution in [0.5, 0.6) is 0 Å². The molecule has 2 atom stereocenters. The largest absolute Gasteiger partial charge is 0.389 e. The predicted octanol–water partition coefficient (Wildman–Crippen LogP) is 6.51. The van der Waals surface area contributed by atoms with Crippen LogP contribution in [0, 0.1) is 17.4 Å². The maximum absolute atomic E-state index is 12.0. The van der Waals surface area contributed by atoms with Crippen molar-refractivity contribution in [1.82, 2.24) is 59.9 Å². The molecule has 0 aliphatic heterocycles. The van der Waals surface area contributed by atoms with E-state index in [4.69, 9.17) is 24.5 Å². The average Bonchev–Trinajstić information content (AvgIpc) is 4.15. The molecule has 6 aromatic heterocycles. The molecule has 0 spiro atoms. The first kappa shape index (κ1) is 49.6. The lowest BCUT2D eigenvalue weighted by Gasteiger charge is -2.20. The van der Waals surface area contributed by atoms with E-state index >= 15 is 0 Å². The van der Waals surface area contributed by atoms with Gasteiger partial charge >= 0.3 is 6.07 Å². The lowest BCUT2D eigenvalue weighted by atomic mass is 9.96. The van der Waals surface area contributed by atoms with Crippen molar-refractivity contribution in [2.24, 2.45) is 0 Å². The molecule has 1 saturated carbocycles. The smallest absolute Gasteiger partial charge is 0.311 e. The van der Waals surface area contributed by atoms with E-state index in [1.807, 2.05) is 79.0 Å². The molecule has 6 heterocycles. The van der Waals surface area contributed by atoms with Crippen molar-refractivity contribution in [1.29, 1.82) is 5.26 Å². The third-order valence-electron chi connectivity index (χ3n) is 11.8. The van der Waals surface area contributed by atoms with Gasteiger partial charge in [0, 0.05) is 37.7 Å². The number of ether oxygens (including phenoxy) is 1. The Morgan fingerprint density at radius 2 is 1.19 bits per heavy atom. The van der Waals surface area contributed by atoms with Gasteiger partial charge in [-0.15, -0.1) is 10.2 Å².